The monoisotopic (exact) mass is 214 g/mol. The number of hydrogen-bond acceptors (Lipinski definition) is 2. The standard InChI is InChI=1S/C12H26N2O/c1-6-10(3)11(4)13-9-8-12(15)14(5)7-2/h10-11,13H,6-9H2,1-5H3/t10-,11+/m1/s1. The van der Waals surface area contributed by atoms with Gasteiger partial charge in [0.25, 0.3) is 0 Å². The van der Waals surface area contributed by atoms with Crippen molar-refractivity contribution in [3.8, 4) is 0 Å². The first-order valence-corrected chi connectivity index (χ1v) is 6.00. The molecule has 0 bridgehead atoms. The van der Waals surface area contributed by atoms with E-state index in [1.54, 1.807) is 4.90 Å². The van der Waals surface area contributed by atoms with Crippen molar-refractivity contribution in [1.82, 2.24) is 10.2 Å². The van der Waals surface area contributed by atoms with Gasteiger partial charge in [0.05, 0.1) is 0 Å². The highest BCUT2D eigenvalue weighted by Crippen LogP contribution is 2.06. The van der Waals surface area contributed by atoms with Crippen LogP contribution in [0.3, 0.4) is 0 Å². The molecule has 0 aliphatic heterocycles. The zero-order valence-electron chi connectivity index (χ0n) is 10.8. The number of hydrogen-bond donors (Lipinski definition) is 1. The summed E-state index contributed by atoms with van der Waals surface area (Å²) < 4.78 is 0. The van der Waals surface area contributed by atoms with Gasteiger partial charge in [0, 0.05) is 32.6 Å². The Hall–Kier alpha value is -0.570. The van der Waals surface area contributed by atoms with Gasteiger partial charge >= 0.3 is 0 Å². The third-order valence-electron chi connectivity index (χ3n) is 3.20. The zero-order chi connectivity index (χ0) is 11.8. The van der Waals surface area contributed by atoms with Crippen LogP contribution >= 0.6 is 0 Å². The van der Waals surface area contributed by atoms with Gasteiger partial charge in [0.15, 0.2) is 0 Å². The van der Waals surface area contributed by atoms with E-state index in [1.807, 2.05) is 14.0 Å². The van der Waals surface area contributed by atoms with Gasteiger partial charge in [-0.15, -0.1) is 0 Å². The average molecular weight is 214 g/mol. The van der Waals surface area contributed by atoms with Crippen molar-refractivity contribution in [2.24, 2.45) is 5.92 Å². The molecule has 1 amide bonds. The molecule has 0 saturated heterocycles. The van der Waals surface area contributed by atoms with Crippen LogP contribution in [-0.4, -0.2) is 37.0 Å². The number of carbonyl (C=O) groups is 1. The molecule has 3 nitrogen and oxygen atoms in total. The maximum Gasteiger partial charge on any atom is 0.223 e. The molecule has 15 heavy (non-hydrogen) atoms. The maximum absolute atomic E-state index is 11.5. The summed E-state index contributed by atoms with van der Waals surface area (Å²) in [6, 6.07) is 0.495. The van der Waals surface area contributed by atoms with Crippen LogP contribution in [0, 0.1) is 5.92 Å². The minimum Gasteiger partial charge on any atom is -0.346 e. The highest BCUT2D eigenvalue weighted by molar-refractivity contribution is 5.75. The minimum absolute atomic E-state index is 0.223. The molecule has 0 unspecified atom stereocenters. The van der Waals surface area contributed by atoms with E-state index in [4.69, 9.17) is 0 Å². The SMILES string of the molecule is CC[C@@H](C)[C@H](C)NCCC(=O)N(C)CC. The normalized spacial score (nSPS) is 14.7. The van der Waals surface area contributed by atoms with Crippen LogP contribution in [-0.2, 0) is 4.79 Å². The van der Waals surface area contributed by atoms with E-state index in [9.17, 15) is 4.79 Å². The molecule has 1 N–H and O–H groups in total. The number of carbonyl (C=O) groups excluding carboxylic acids is 1. The van der Waals surface area contributed by atoms with Crippen molar-refractivity contribution in [2.75, 3.05) is 20.1 Å². The Morgan fingerprint density at radius 1 is 1.33 bits per heavy atom. The fourth-order valence-electron chi connectivity index (χ4n) is 1.33. The lowest BCUT2D eigenvalue weighted by Gasteiger charge is -2.20. The lowest BCUT2D eigenvalue weighted by atomic mass is 10.0. The van der Waals surface area contributed by atoms with Crippen LogP contribution in [0.1, 0.15) is 40.5 Å². The van der Waals surface area contributed by atoms with Crippen LogP contribution in [0.25, 0.3) is 0 Å². The summed E-state index contributed by atoms with van der Waals surface area (Å²) in [6.45, 7) is 10.2. The van der Waals surface area contributed by atoms with Crippen LogP contribution in [0.4, 0.5) is 0 Å². The van der Waals surface area contributed by atoms with Crippen LogP contribution < -0.4 is 5.32 Å². The van der Waals surface area contributed by atoms with Gasteiger partial charge in [0.1, 0.15) is 0 Å². The number of nitrogens with one attached hydrogen (secondary N) is 1. The van der Waals surface area contributed by atoms with Crippen molar-refractivity contribution in [3.63, 3.8) is 0 Å². The third-order valence-corrected chi connectivity index (χ3v) is 3.20. The van der Waals surface area contributed by atoms with Gasteiger partial charge in [0.2, 0.25) is 5.91 Å². The second-order valence-corrected chi connectivity index (χ2v) is 4.29. The molecular formula is C12H26N2O. The summed E-state index contributed by atoms with van der Waals surface area (Å²) in [5.41, 5.74) is 0. The zero-order valence-corrected chi connectivity index (χ0v) is 10.8. The van der Waals surface area contributed by atoms with Gasteiger partial charge in [-0.1, -0.05) is 20.3 Å². The molecule has 0 aromatic heterocycles. The second kappa shape index (κ2) is 7.69. The quantitative estimate of drug-likeness (QED) is 0.702. The Bertz CT molecular complexity index is 182. The Kier molecular flexibility index (Phi) is 7.39. The molecule has 0 aromatic rings. The smallest absolute Gasteiger partial charge is 0.223 e. The van der Waals surface area contributed by atoms with Crippen LogP contribution in [0.15, 0.2) is 0 Å². The molecule has 0 aliphatic rings. The average Bonchev–Trinajstić information content (AvgIpc) is 2.26. The molecule has 2 atom stereocenters. The predicted molar refractivity (Wildman–Crippen MR) is 64.8 cm³/mol. The van der Waals surface area contributed by atoms with Crippen molar-refractivity contribution in [2.45, 2.75) is 46.6 Å². The highest BCUT2D eigenvalue weighted by Gasteiger charge is 2.10. The van der Waals surface area contributed by atoms with E-state index in [1.165, 1.54) is 6.42 Å². The summed E-state index contributed by atoms with van der Waals surface area (Å²) in [5, 5.41) is 3.40. The Labute approximate surface area is 94.2 Å². The molecule has 0 rings (SSSR count). The summed E-state index contributed by atoms with van der Waals surface area (Å²) in [5.74, 6) is 0.894. The van der Waals surface area contributed by atoms with Crippen molar-refractivity contribution >= 4 is 5.91 Å². The largest absolute Gasteiger partial charge is 0.346 e. The molecular weight excluding hydrogens is 188 g/mol. The van der Waals surface area contributed by atoms with Gasteiger partial charge in [-0.2, -0.15) is 0 Å². The van der Waals surface area contributed by atoms with E-state index in [0.29, 0.717) is 18.4 Å². The summed E-state index contributed by atoms with van der Waals surface area (Å²) in [4.78, 5) is 13.2. The maximum atomic E-state index is 11.5. The first-order valence-electron chi connectivity index (χ1n) is 6.00. The lowest BCUT2D eigenvalue weighted by Crippen LogP contribution is -2.35. The molecule has 0 radical (unpaired) electrons. The molecule has 0 spiro atoms. The minimum atomic E-state index is 0.223. The van der Waals surface area contributed by atoms with Gasteiger partial charge in [-0.05, 0) is 19.8 Å². The number of amides is 1. The van der Waals surface area contributed by atoms with E-state index in [-0.39, 0.29) is 5.91 Å². The van der Waals surface area contributed by atoms with E-state index >= 15 is 0 Å². The molecule has 0 aromatic carbocycles. The highest BCUT2D eigenvalue weighted by atomic mass is 16.2. The number of nitrogens with zero attached hydrogens (tertiary/aromatic N) is 1. The summed E-state index contributed by atoms with van der Waals surface area (Å²) in [7, 11) is 1.85. The van der Waals surface area contributed by atoms with E-state index < -0.39 is 0 Å². The molecule has 0 fully saturated rings. The fourth-order valence-corrected chi connectivity index (χ4v) is 1.33. The van der Waals surface area contributed by atoms with Crippen molar-refractivity contribution in [3.05, 3.63) is 0 Å². The first kappa shape index (κ1) is 14.4. The van der Waals surface area contributed by atoms with E-state index in [0.717, 1.165) is 13.1 Å². The molecule has 0 saturated carbocycles. The Morgan fingerprint density at radius 3 is 2.40 bits per heavy atom. The fraction of sp³-hybridized carbons (Fsp3) is 0.917. The van der Waals surface area contributed by atoms with Crippen molar-refractivity contribution in [1.29, 1.82) is 0 Å². The van der Waals surface area contributed by atoms with Crippen LogP contribution in [0.2, 0.25) is 0 Å². The topological polar surface area (TPSA) is 32.3 Å². The Morgan fingerprint density at radius 2 is 1.93 bits per heavy atom. The van der Waals surface area contributed by atoms with Gasteiger partial charge in [-0.3, -0.25) is 4.79 Å². The summed E-state index contributed by atoms with van der Waals surface area (Å²) in [6.07, 6.45) is 1.78. The Balaban J connectivity index is 3.65. The number of rotatable bonds is 7. The van der Waals surface area contributed by atoms with E-state index in [2.05, 4.69) is 26.1 Å². The molecule has 0 heterocycles. The molecule has 90 valence electrons. The third kappa shape index (κ3) is 5.78. The summed E-state index contributed by atoms with van der Waals surface area (Å²) >= 11 is 0. The predicted octanol–water partition coefficient (Wildman–Crippen LogP) is 1.88. The van der Waals surface area contributed by atoms with Gasteiger partial charge in [-0.25, -0.2) is 0 Å². The van der Waals surface area contributed by atoms with Crippen LogP contribution in [0.5, 0.6) is 0 Å². The van der Waals surface area contributed by atoms with Gasteiger partial charge < -0.3 is 10.2 Å². The second-order valence-electron chi connectivity index (χ2n) is 4.29. The van der Waals surface area contributed by atoms with Crippen molar-refractivity contribution < 1.29 is 4.79 Å². The molecule has 0 aliphatic carbocycles. The lowest BCUT2D eigenvalue weighted by molar-refractivity contribution is -0.129. The first-order chi connectivity index (χ1) is 7.02. The molecule has 3 heteroatoms.